The van der Waals surface area contributed by atoms with Gasteiger partial charge >= 0.3 is 0 Å². The van der Waals surface area contributed by atoms with Crippen molar-refractivity contribution in [1.29, 1.82) is 0 Å². The van der Waals surface area contributed by atoms with Gasteiger partial charge in [-0.05, 0) is 77.2 Å². The van der Waals surface area contributed by atoms with E-state index in [4.69, 9.17) is 9.97 Å². The van der Waals surface area contributed by atoms with Crippen molar-refractivity contribution in [1.82, 2.24) is 15.3 Å². The van der Waals surface area contributed by atoms with E-state index in [9.17, 15) is 0 Å². The zero-order valence-corrected chi connectivity index (χ0v) is 22.3. The molecule has 0 radical (unpaired) electrons. The normalized spacial score (nSPS) is 23.0. The summed E-state index contributed by atoms with van der Waals surface area (Å²) in [6.45, 7) is 0.996. The van der Waals surface area contributed by atoms with Crippen LogP contribution in [-0.4, -0.2) is 42.7 Å². The highest BCUT2D eigenvalue weighted by Gasteiger charge is 2.24. The van der Waals surface area contributed by atoms with Gasteiger partial charge in [-0.2, -0.15) is 4.98 Å². The van der Waals surface area contributed by atoms with Gasteiger partial charge in [0.2, 0.25) is 5.95 Å². The summed E-state index contributed by atoms with van der Waals surface area (Å²) in [5, 5.41) is 9.11. The van der Waals surface area contributed by atoms with Crippen molar-refractivity contribution in [3.05, 3.63) is 56.0 Å². The number of thioether (sulfide) groups is 1. The van der Waals surface area contributed by atoms with Crippen LogP contribution in [0.3, 0.4) is 0 Å². The van der Waals surface area contributed by atoms with Gasteiger partial charge in [0, 0.05) is 48.2 Å². The van der Waals surface area contributed by atoms with Crippen molar-refractivity contribution in [2.75, 3.05) is 30.9 Å². The number of aromatic nitrogens is 2. The van der Waals surface area contributed by atoms with Crippen LogP contribution < -0.4 is 15.5 Å². The number of benzene rings is 1. The molecular formula is C25H30BrN5S2. The summed E-state index contributed by atoms with van der Waals surface area (Å²) in [4.78, 5) is 14.6. The number of nitrogens with one attached hydrogen (secondary N) is 2. The number of nitrogens with zero attached hydrogens (tertiary/aromatic N) is 3. The lowest BCUT2D eigenvalue weighted by Gasteiger charge is -2.30. The van der Waals surface area contributed by atoms with Crippen molar-refractivity contribution in [2.24, 2.45) is 0 Å². The molecule has 0 amide bonds. The Bertz CT molecular complexity index is 1140. The number of hydrogen-bond acceptors (Lipinski definition) is 7. The molecule has 2 aromatic heterocycles. The monoisotopic (exact) mass is 543 g/mol. The highest BCUT2D eigenvalue weighted by Crippen LogP contribution is 2.46. The largest absolute Gasteiger partial charge is 0.362 e. The molecule has 0 spiro atoms. The molecule has 1 atom stereocenters. The maximum atomic E-state index is 4.81. The van der Waals surface area contributed by atoms with Crippen molar-refractivity contribution < 1.29 is 0 Å². The Kier molecular flexibility index (Phi) is 7.25. The average molecular weight is 545 g/mol. The highest BCUT2D eigenvalue weighted by molar-refractivity contribution is 9.11. The van der Waals surface area contributed by atoms with E-state index in [1.54, 1.807) is 0 Å². The lowest BCUT2D eigenvalue weighted by atomic mass is 9.91. The van der Waals surface area contributed by atoms with E-state index in [-0.39, 0.29) is 0 Å². The number of hydrogen-bond donors (Lipinski definition) is 2. The summed E-state index contributed by atoms with van der Waals surface area (Å²) < 4.78 is 1.22. The molecule has 1 unspecified atom stereocenters. The van der Waals surface area contributed by atoms with Crippen molar-refractivity contribution in [2.45, 2.75) is 49.4 Å². The summed E-state index contributed by atoms with van der Waals surface area (Å²) in [7, 11) is 4.07. The van der Waals surface area contributed by atoms with Gasteiger partial charge in [-0.3, -0.25) is 0 Å². The number of fused-ring (bicyclic) bond motifs is 1. The van der Waals surface area contributed by atoms with Crippen LogP contribution >= 0.6 is 39.0 Å². The SMILES string of the molecule is CN(C)c1nc(N[C@H]2CC[C@@H](NCC3=CCC(c4ccc(Br)s4)S3)CC2)nc2ccccc12. The molecule has 174 valence electrons. The lowest BCUT2D eigenvalue weighted by molar-refractivity contribution is 0.362. The molecule has 1 aliphatic heterocycles. The van der Waals surface area contributed by atoms with Crippen LogP contribution in [0.4, 0.5) is 11.8 Å². The minimum absolute atomic E-state index is 0.431. The molecular weight excluding hydrogens is 514 g/mol. The Morgan fingerprint density at radius 2 is 1.82 bits per heavy atom. The summed E-state index contributed by atoms with van der Waals surface area (Å²) in [6.07, 6.45) is 8.22. The Hall–Kier alpha value is -1.61. The standard InChI is InChI=1S/C25H30BrN5S2/c1-31(2)24-19-5-3-4-6-20(19)29-25(30-24)28-17-9-7-16(8-10-17)27-15-18-11-12-21(32-18)22-13-14-23(26)33-22/h3-6,11,13-14,16-17,21,27H,7-10,12,15H2,1-2H3,(H,28,29,30)/t16-,17+,21?. The van der Waals surface area contributed by atoms with Gasteiger partial charge in [0.25, 0.3) is 0 Å². The quantitative estimate of drug-likeness (QED) is 0.350. The van der Waals surface area contributed by atoms with Crippen LogP contribution in [0.2, 0.25) is 0 Å². The Morgan fingerprint density at radius 1 is 1.03 bits per heavy atom. The zero-order chi connectivity index (χ0) is 22.8. The number of allylic oxidation sites excluding steroid dienone is 1. The third kappa shape index (κ3) is 5.56. The van der Waals surface area contributed by atoms with Gasteiger partial charge < -0.3 is 15.5 Å². The van der Waals surface area contributed by atoms with E-state index in [1.807, 2.05) is 49.3 Å². The fourth-order valence-corrected chi connectivity index (χ4v) is 7.46. The molecule has 1 aromatic carbocycles. The summed E-state index contributed by atoms with van der Waals surface area (Å²) in [6, 6.07) is 13.7. The van der Waals surface area contributed by atoms with Crippen LogP contribution in [0.25, 0.3) is 10.9 Å². The first-order valence-corrected chi connectivity index (χ1v) is 14.1. The van der Waals surface area contributed by atoms with Gasteiger partial charge in [-0.25, -0.2) is 4.98 Å². The molecule has 5 rings (SSSR count). The third-order valence-corrected chi connectivity index (χ3v) is 9.63. The fourth-order valence-electron chi connectivity index (χ4n) is 4.64. The zero-order valence-electron chi connectivity index (χ0n) is 19.1. The average Bonchev–Trinajstić information content (AvgIpc) is 3.47. The van der Waals surface area contributed by atoms with Crippen LogP contribution in [0.1, 0.15) is 42.2 Å². The van der Waals surface area contributed by atoms with Gasteiger partial charge in [-0.1, -0.05) is 18.2 Å². The van der Waals surface area contributed by atoms with Crippen LogP contribution in [-0.2, 0) is 0 Å². The number of thiophene rings is 1. The summed E-state index contributed by atoms with van der Waals surface area (Å²) in [5.74, 6) is 1.71. The molecule has 2 aliphatic rings. The predicted molar refractivity (Wildman–Crippen MR) is 147 cm³/mol. The number of anilines is 2. The molecule has 1 fully saturated rings. The number of halogens is 1. The number of para-hydroxylation sites is 1. The van der Waals surface area contributed by atoms with Gasteiger partial charge in [-0.15, -0.1) is 23.1 Å². The van der Waals surface area contributed by atoms with Crippen LogP contribution in [0, 0.1) is 0 Å². The van der Waals surface area contributed by atoms with Gasteiger partial charge in [0.05, 0.1) is 9.30 Å². The molecule has 3 aromatic rings. The van der Waals surface area contributed by atoms with E-state index in [1.165, 1.54) is 26.4 Å². The van der Waals surface area contributed by atoms with E-state index in [2.05, 4.69) is 61.8 Å². The minimum Gasteiger partial charge on any atom is -0.362 e. The maximum Gasteiger partial charge on any atom is 0.225 e. The van der Waals surface area contributed by atoms with E-state index < -0.39 is 0 Å². The fraction of sp³-hybridized carbons (Fsp3) is 0.440. The summed E-state index contributed by atoms with van der Waals surface area (Å²) in [5.41, 5.74) is 0.990. The minimum atomic E-state index is 0.431. The molecule has 0 saturated heterocycles. The molecule has 3 heterocycles. The highest BCUT2D eigenvalue weighted by atomic mass is 79.9. The van der Waals surface area contributed by atoms with Crippen LogP contribution in [0.5, 0.6) is 0 Å². The first-order valence-electron chi connectivity index (χ1n) is 11.6. The first-order chi connectivity index (χ1) is 16.0. The second-order valence-corrected chi connectivity index (χ2v) is 12.8. The molecule has 0 bridgehead atoms. The van der Waals surface area contributed by atoms with Crippen molar-refractivity contribution in [3.8, 4) is 0 Å². The number of rotatable bonds is 7. The molecule has 8 heteroatoms. The van der Waals surface area contributed by atoms with E-state index >= 15 is 0 Å². The third-order valence-electron chi connectivity index (χ3n) is 6.40. The second-order valence-electron chi connectivity index (χ2n) is 9.01. The summed E-state index contributed by atoms with van der Waals surface area (Å²) >= 11 is 7.47. The molecule has 1 aliphatic carbocycles. The van der Waals surface area contributed by atoms with Gasteiger partial charge in [0.1, 0.15) is 5.82 Å². The topological polar surface area (TPSA) is 53.1 Å². The predicted octanol–water partition coefficient (Wildman–Crippen LogP) is 6.59. The molecule has 2 N–H and O–H groups in total. The maximum absolute atomic E-state index is 4.81. The first kappa shape index (κ1) is 23.1. The van der Waals surface area contributed by atoms with E-state index in [0.29, 0.717) is 17.3 Å². The van der Waals surface area contributed by atoms with E-state index in [0.717, 1.165) is 48.5 Å². The Morgan fingerprint density at radius 3 is 2.58 bits per heavy atom. The molecule has 1 saturated carbocycles. The van der Waals surface area contributed by atoms with Gasteiger partial charge in [0.15, 0.2) is 0 Å². The molecule has 5 nitrogen and oxygen atoms in total. The smallest absolute Gasteiger partial charge is 0.225 e. The van der Waals surface area contributed by atoms with Crippen molar-refractivity contribution >= 4 is 61.7 Å². The van der Waals surface area contributed by atoms with Crippen LogP contribution in [0.15, 0.2) is 51.2 Å². The second kappa shape index (κ2) is 10.3. The molecule has 33 heavy (non-hydrogen) atoms. The van der Waals surface area contributed by atoms with Crippen molar-refractivity contribution in [3.63, 3.8) is 0 Å². The Balaban J connectivity index is 1.11. The Labute approximate surface area is 212 Å². The lowest BCUT2D eigenvalue weighted by Crippen LogP contribution is -2.37.